The minimum absolute atomic E-state index is 0.0992. The molecule has 0 fully saturated rings. The van der Waals surface area contributed by atoms with E-state index in [1.807, 2.05) is 0 Å². The number of aliphatic hydroxyl groups is 2. The van der Waals surface area contributed by atoms with Crippen LogP contribution < -0.4 is 10.5 Å². The molecule has 0 spiro atoms. The van der Waals surface area contributed by atoms with Crippen molar-refractivity contribution in [3.05, 3.63) is 23.9 Å². The van der Waals surface area contributed by atoms with Crippen molar-refractivity contribution < 1.29 is 24.9 Å². The van der Waals surface area contributed by atoms with Crippen LogP contribution in [0, 0.1) is 0 Å². The van der Waals surface area contributed by atoms with E-state index in [-0.39, 0.29) is 17.9 Å². The van der Waals surface area contributed by atoms with E-state index in [2.05, 4.69) is 10.3 Å². The molecule has 0 aliphatic carbocycles. The lowest BCUT2D eigenvalue weighted by atomic mass is 10.1. The number of carboxylic acid groups (broad SMARTS) is 1. The predicted molar refractivity (Wildman–Crippen MR) is 76.5 cm³/mol. The van der Waals surface area contributed by atoms with Gasteiger partial charge in [0.25, 0.3) is 0 Å². The molecule has 118 valence electrons. The summed E-state index contributed by atoms with van der Waals surface area (Å²) < 4.78 is 6.27. The fourth-order valence-corrected chi connectivity index (χ4v) is 2.01. The minimum Gasteiger partial charge on any atom is -0.495 e. The highest BCUT2D eigenvalue weighted by atomic mass is 16.5. The SMILES string of the molecule is COc1ccc(-c2c(C(=O)O)nnn2CC(O)CO)cc1N. The molecule has 0 aliphatic rings. The summed E-state index contributed by atoms with van der Waals surface area (Å²) in [7, 11) is 1.47. The second kappa shape index (κ2) is 6.41. The van der Waals surface area contributed by atoms with Gasteiger partial charge in [-0.3, -0.25) is 0 Å². The van der Waals surface area contributed by atoms with E-state index in [4.69, 9.17) is 15.6 Å². The fraction of sp³-hybridized carbons (Fsp3) is 0.308. The number of hydrogen-bond acceptors (Lipinski definition) is 7. The molecule has 0 saturated carbocycles. The zero-order valence-corrected chi connectivity index (χ0v) is 11.8. The summed E-state index contributed by atoms with van der Waals surface area (Å²) in [5.41, 5.74) is 6.54. The van der Waals surface area contributed by atoms with Gasteiger partial charge in [0.1, 0.15) is 11.4 Å². The average molecular weight is 308 g/mol. The Labute approximate surface area is 125 Å². The maximum atomic E-state index is 11.3. The largest absolute Gasteiger partial charge is 0.495 e. The number of aromatic carboxylic acids is 1. The van der Waals surface area contributed by atoms with E-state index in [0.717, 1.165) is 0 Å². The van der Waals surface area contributed by atoms with Gasteiger partial charge >= 0.3 is 5.97 Å². The Kier molecular flexibility index (Phi) is 4.59. The van der Waals surface area contributed by atoms with Crippen LogP contribution in [0.5, 0.6) is 5.75 Å². The highest BCUT2D eigenvalue weighted by Crippen LogP contribution is 2.29. The molecule has 1 aromatic heterocycles. The predicted octanol–water partition coefficient (Wildman–Crippen LogP) is -0.413. The van der Waals surface area contributed by atoms with Gasteiger partial charge in [0.15, 0.2) is 5.69 Å². The molecule has 5 N–H and O–H groups in total. The summed E-state index contributed by atoms with van der Waals surface area (Å²) >= 11 is 0. The summed E-state index contributed by atoms with van der Waals surface area (Å²) in [6.07, 6.45) is -1.09. The Bertz CT molecular complexity index is 685. The number of anilines is 1. The number of nitrogen functional groups attached to an aromatic ring is 1. The summed E-state index contributed by atoms with van der Waals surface area (Å²) in [5.74, 6) is -0.802. The van der Waals surface area contributed by atoms with Crippen molar-refractivity contribution in [2.75, 3.05) is 19.5 Å². The maximum Gasteiger partial charge on any atom is 0.358 e. The first kappa shape index (κ1) is 15.7. The van der Waals surface area contributed by atoms with Crippen LogP contribution in [0.3, 0.4) is 0 Å². The third-order valence-corrected chi connectivity index (χ3v) is 3.04. The molecule has 1 unspecified atom stereocenters. The molecule has 1 atom stereocenters. The number of nitrogens with zero attached hydrogens (tertiary/aromatic N) is 3. The minimum atomic E-state index is -1.26. The van der Waals surface area contributed by atoms with Crippen LogP contribution in [0.1, 0.15) is 10.5 Å². The van der Waals surface area contributed by atoms with Gasteiger partial charge in [-0.05, 0) is 18.2 Å². The molecule has 1 aromatic carbocycles. The number of carboxylic acids is 1. The summed E-state index contributed by atoms with van der Waals surface area (Å²) in [6.45, 7) is -0.579. The number of aromatic nitrogens is 3. The normalized spacial score (nSPS) is 12.1. The van der Waals surface area contributed by atoms with Crippen LogP contribution in [0.25, 0.3) is 11.3 Å². The number of aliphatic hydroxyl groups excluding tert-OH is 2. The van der Waals surface area contributed by atoms with Gasteiger partial charge in [0.2, 0.25) is 0 Å². The van der Waals surface area contributed by atoms with Crippen LogP contribution >= 0.6 is 0 Å². The van der Waals surface area contributed by atoms with Crippen LogP contribution in [0.15, 0.2) is 18.2 Å². The second-order valence-corrected chi connectivity index (χ2v) is 4.57. The monoisotopic (exact) mass is 308 g/mol. The molecule has 9 nitrogen and oxygen atoms in total. The second-order valence-electron chi connectivity index (χ2n) is 4.57. The van der Waals surface area contributed by atoms with Crippen molar-refractivity contribution in [3.8, 4) is 17.0 Å². The van der Waals surface area contributed by atoms with Crippen LogP contribution in [0.4, 0.5) is 5.69 Å². The zero-order chi connectivity index (χ0) is 16.3. The molecular formula is C13H16N4O5. The highest BCUT2D eigenvalue weighted by molar-refractivity contribution is 5.93. The van der Waals surface area contributed by atoms with E-state index >= 15 is 0 Å². The number of hydrogen-bond donors (Lipinski definition) is 4. The standard InChI is InChI=1S/C13H16N4O5/c1-22-10-3-2-7(4-9(10)14)12-11(13(20)21)15-16-17(12)5-8(19)6-18/h2-4,8,18-19H,5-6,14H2,1H3,(H,20,21). The third kappa shape index (κ3) is 3.00. The van der Waals surface area contributed by atoms with E-state index < -0.39 is 18.7 Å². The summed E-state index contributed by atoms with van der Waals surface area (Å²) in [4.78, 5) is 11.3. The molecule has 22 heavy (non-hydrogen) atoms. The molecule has 0 bridgehead atoms. The average Bonchev–Trinajstić information content (AvgIpc) is 2.90. The molecule has 0 saturated heterocycles. The van der Waals surface area contributed by atoms with E-state index in [9.17, 15) is 15.0 Å². The van der Waals surface area contributed by atoms with Crippen molar-refractivity contribution in [1.29, 1.82) is 0 Å². The Morgan fingerprint density at radius 2 is 2.23 bits per heavy atom. The number of benzene rings is 1. The van der Waals surface area contributed by atoms with Gasteiger partial charge in [-0.1, -0.05) is 5.21 Å². The Hall–Kier alpha value is -2.65. The number of rotatable bonds is 6. The topological polar surface area (TPSA) is 144 Å². The van der Waals surface area contributed by atoms with Gasteiger partial charge < -0.3 is 25.8 Å². The quantitative estimate of drug-likeness (QED) is 0.527. The molecule has 0 aliphatic heterocycles. The summed E-state index contributed by atoms with van der Waals surface area (Å²) in [5, 5.41) is 35.0. The maximum absolute atomic E-state index is 11.3. The first-order valence-corrected chi connectivity index (χ1v) is 6.37. The fourth-order valence-electron chi connectivity index (χ4n) is 2.01. The number of nitrogens with two attached hydrogens (primary N) is 1. The smallest absolute Gasteiger partial charge is 0.358 e. The molecular weight excluding hydrogens is 292 g/mol. The Balaban J connectivity index is 2.53. The van der Waals surface area contributed by atoms with Gasteiger partial charge in [0.05, 0.1) is 32.1 Å². The molecule has 1 heterocycles. The van der Waals surface area contributed by atoms with Crippen LogP contribution in [-0.2, 0) is 6.54 Å². The van der Waals surface area contributed by atoms with Crippen LogP contribution in [-0.4, -0.2) is 56.1 Å². The van der Waals surface area contributed by atoms with E-state index in [1.165, 1.54) is 17.9 Å². The molecule has 2 aromatic rings. The number of carbonyl (C=O) groups is 1. The highest BCUT2D eigenvalue weighted by Gasteiger charge is 2.22. The van der Waals surface area contributed by atoms with Crippen molar-refractivity contribution >= 4 is 11.7 Å². The van der Waals surface area contributed by atoms with Crippen molar-refractivity contribution in [2.45, 2.75) is 12.6 Å². The van der Waals surface area contributed by atoms with E-state index in [1.54, 1.807) is 12.1 Å². The van der Waals surface area contributed by atoms with Gasteiger partial charge in [0, 0.05) is 5.56 Å². The van der Waals surface area contributed by atoms with E-state index in [0.29, 0.717) is 17.0 Å². The zero-order valence-electron chi connectivity index (χ0n) is 11.8. The molecule has 0 amide bonds. The Morgan fingerprint density at radius 1 is 1.50 bits per heavy atom. The van der Waals surface area contributed by atoms with Crippen LogP contribution in [0.2, 0.25) is 0 Å². The molecule has 2 rings (SSSR count). The van der Waals surface area contributed by atoms with Crippen molar-refractivity contribution in [1.82, 2.24) is 15.0 Å². The van der Waals surface area contributed by atoms with Gasteiger partial charge in [-0.2, -0.15) is 0 Å². The lowest BCUT2D eigenvalue weighted by Crippen LogP contribution is -2.21. The number of ether oxygens (including phenoxy) is 1. The van der Waals surface area contributed by atoms with Gasteiger partial charge in [-0.15, -0.1) is 5.10 Å². The first-order valence-electron chi connectivity index (χ1n) is 6.37. The Morgan fingerprint density at radius 3 is 2.77 bits per heavy atom. The third-order valence-electron chi connectivity index (χ3n) is 3.04. The van der Waals surface area contributed by atoms with Gasteiger partial charge in [-0.25, -0.2) is 9.48 Å². The lowest BCUT2D eigenvalue weighted by molar-refractivity contribution is 0.0690. The molecule has 9 heteroatoms. The number of methoxy groups -OCH3 is 1. The molecule has 0 radical (unpaired) electrons. The summed E-state index contributed by atoms with van der Waals surface area (Å²) in [6, 6.07) is 4.74. The van der Waals surface area contributed by atoms with Crippen molar-refractivity contribution in [3.63, 3.8) is 0 Å². The first-order chi connectivity index (χ1) is 10.5. The lowest BCUT2D eigenvalue weighted by Gasteiger charge is -2.12. The van der Waals surface area contributed by atoms with Crippen molar-refractivity contribution in [2.24, 2.45) is 0 Å².